The van der Waals surface area contributed by atoms with Crippen molar-refractivity contribution in [3.05, 3.63) is 64.4 Å². The third-order valence-corrected chi connectivity index (χ3v) is 6.58. The minimum Gasteiger partial charge on any atom is -0.341 e. The van der Waals surface area contributed by atoms with E-state index in [1.807, 2.05) is 72.1 Å². The predicted molar refractivity (Wildman–Crippen MR) is 130 cm³/mol. The lowest BCUT2D eigenvalue weighted by Crippen LogP contribution is -2.38. The van der Waals surface area contributed by atoms with Crippen LogP contribution in [0, 0.1) is 11.7 Å². The summed E-state index contributed by atoms with van der Waals surface area (Å²) in [7, 11) is 0. The molecule has 0 bridgehead atoms. The number of aromatic amines is 1. The first-order chi connectivity index (χ1) is 15.5. The Balaban J connectivity index is 1.37. The Morgan fingerprint density at radius 3 is 2.47 bits per heavy atom. The molecule has 9 heteroatoms. The molecule has 4 rings (SSSR count). The van der Waals surface area contributed by atoms with Crippen molar-refractivity contribution >= 4 is 41.5 Å². The SMILES string of the molecule is Cc1ccc(-c2n[nH]c(=S)n2CC(=O)Nc2ccc(CC(=O)N3CCSCC3)cc2)cc1. The Bertz CT molecular complexity index is 1150. The predicted octanol–water partition coefficient (Wildman–Crippen LogP) is 3.67. The van der Waals surface area contributed by atoms with Crippen molar-refractivity contribution in [2.75, 3.05) is 29.9 Å². The quantitative estimate of drug-likeness (QED) is 0.541. The molecule has 1 aliphatic heterocycles. The second-order valence-corrected chi connectivity index (χ2v) is 9.33. The highest BCUT2D eigenvalue weighted by Crippen LogP contribution is 2.19. The van der Waals surface area contributed by atoms with Gasteiger partial charge in [0.25, 0.3) is 0 Å². The molecule has 2 amide bonds. The highest BCUT2D eigenvalue weighted by atomic mass is 32.2. The molecule has 2 N–H and O–H groups in total. The normalized spacial score (nSPS) is 13.7. The second kappa shape index (κ2) is 10.1. The zero-order chi connectivity index (χ0) is 22.5. The maximum atomic E-state index is 12.7. The van der Waals surface area contributed by atoms with Crippen molar-refractivity contribution in [2.24, 2.45) is 0 Å². The van der Waals surface area contributed by atoms with Crippen LogP contribution in [0.1, 0.15) is 11.1 Å². The first-order valence-electron chi connectivity index (χ1n) is 10.5. The van der Waals surface area contributed by atoms with E-state index in [1.54, 1.807) is 4.57 Å². The van der Waals surface area contributed by atoms with Gasteiger partial charge in [-0.1, -0.05) is 42.0 Å². The number of amides is 2. The number of carbonyl (C=O) groups excluding carboxylic acids is 2. The Kier molecular flexibility index (Phi) is 7.06. The molecule has 1 aliphatic rings. The Labute approximate surface area is 196 Å². The van der Waals surface area contributed by atoms with Gasteiger partial charge in [0.2, 0.25) is 11.8 Å². The minimum absolute atomic E-state index is 0.0474. The van der Waals surface area contributed by atoms with E-state index < -0.39 is 0 Å². The topological polar surface area (TPSA) is 83.0 Å². The van der Waals surface area contributed by atoms with E-state index in [9.17, 15) is 9.59 Å². The number of rotatable bonds is 6. The number of nitrogens with one attached hydrogen (secondary N) is 2. The summed E-state index contributed by atoms with van der Waals surface area (Å²) in [5.41, 5.74) is 3.64. The summed E-state index contributed by atoms with van der Waals surface area (Å²) >= 11 is 7.20. The summed E-state index contributed by atoms with van der Waals surface area (Å²) in [5.74, 6) is 2.58. The molecule has 0 radical (unpaired) electrons. The van der Waals surface area contributed by atoms with Crippen LogP contribution in [-0.4, -0.2) is 56.1 Å². The third-order valence-electron chi connectivity index (χ3n) is 5.33. The van der Waals surface area contributed by atoms with Gasteiger partial charge in [0.05, 0.1) is 6.42 Å². The molecule has 32 heavy (non-hydrogen) atoms. The Morgan fingerprint density at radius 1 is 1.09 bits per heavy atom. The fraction of sp³-hybridized carbons (Fsp3) is 0.304. The van der Waals surface area contributed by atoms with Crippen LogP contribution in [0.4, 0.5) is 5.69 Å². The van der Waals surface area contributed by atoms with Gasteiger partial charge in [-0.05, 0) is 36.8 Å². The standard InChI is InChI=1S/C23H25N5O2S2/c1-16-2-6-18(7-3-16)22-25-26-23(31)28(22)15-20(29)24-19-8-4-17(5-9-19)14-21(30)27-10-12-32-13-11-27/h2-9H,10-15H2,1H3,(H,24,29)(H,26,31). The Morgan fingerprint density at radius 2 is 1.78 bits per heavy atom. The van der Waals surface area contributed by atoms with Crippen LogP contribution in [0.5, 0.6) is 0 Å². The highest BCUT2D eigenvalue weighted by Gasteiger charge is 2.17. The number of hydrogen-bond donors (Lipinski definition) is 2. The number of benzene rings is 2. The maximum Gasteiger partial charge on any atom is 0.244 e. The van der Waals surface area contributed by atoms with Crippen LogP contribution in [0.15, 0.2) is 48.5 Å². The number of aryl methyl sites for hydroxylation is 1. The lowest BCUT2D eigenvalue weighted by atomic mass is 10.1. The summed E-state index contributed by atoms with van der Waals surface area (Å²) < 4.78 is 2.07. The van der Waals surface area contributed by atoms with E-state index in [-0.39, 0.29) is 18.4 Å². The van der Waals surface area contributed by atoms with Crippen molar-refractivity contribution in [2.45, 2.75) is 19.9 Å². The molecule has 166 valence electrons. The molecular weight excluding hydrogens is 442 g/mol. The number of H-pyrrole nitrogens is 1. The molecule has 0 atom stereocenters. The van der Waals surface area contributed by atoms with Gasteiger partial charge in [0, 0.05) is 35.8 Å². The molecule has 1 fully saturated rings. The average molecular weight is 468 g/mol. The molecule has 0 spiro atoms. The summed E-state index contributed by atoms with van der Waals surface area (Å²) in [5, 5.41) is 9.95. The Hall–Kier alpha value is -2.91. The van der Waals surface area contributed by atoms with E-state index in [0.29, 0.717) is 22.7 Å². The minimum atomic E-state index is -0.203. The first-order valence-corrected chi connectivity index (χ1v) is 12.0. The summed E-state index contributed by atoms with van der Waals surface area (Å²) in [6, 6.07) is 15.3. The van der Waals surface area contributed by atoms with Gasteiger partial charge in [-0.25, -0.2) is 0 Å². The van der Waals surface area contributed by atoms with Gasteiger partial charge in [-0.2, -0.15) is 16.9 Å². The molecule has 2 aromatic carbocycles. The highest BCUT2D eigenvalue weighted by molar-refractivity contribution is 7.99. The van der Waals surface area contributed by atoms with Crippen LogP contribution in [0.2, 0.25) is 0 Å². The molecule has 0 aliphatic carbocycles. The number of carbonyl (C=O) groups is 2. The monoisotopic (exact) mass is 467 g/mol. The van der Waals surface area contributed by atoms with Crippen molar-refractivity contribution in [1.29, 1.82) is 0 Å². The maximum absolute atomic E-state index is 12.7. The number of thioether (sulfide) groups is 1. The van der Waals surface area contributed by atoms with Gasteiger partial charge < -0.3 is 10.2 Å². The average Bonchev–Trinajstić information content (AvgIpc) is 3.16. The van der Waals surface area contributed by atoms with E-state index in [4.69, 9.17) is 12.2 Å². The molecular formula is C23H25N5O2S2. The molecule has 1 aromatic heterocycles. The summed E-state index contributed by atoms with van der Waals surface area (Å²) in [4.78, 5) is 27.0. The van der Waals surface area contributed by atoms with Gasteiger partial charge in [0.15, 0.2) is 10.6 Å². The van der Waals surface area contributed by atoms with Crippen LogP contribution in [0.3, 0.4) is 0 Å². The van der Waals surface area contributed by atoms with E-state index in [2.05, 4.69) is 15.5 Å². The number of nitrogens with zero attached hydrogens (tertiary/aromatic N) is 3. The lowest BCUT2D eigenvalue weighted by Gasteiger charge is -2.26. The second-order valence-electron chi connectivity index (χ2n) is 7.72. The molecule has 3 aromatic rings. The van der Waals surface area contributed by atoms with E-state index >= 15 is 0 Å². The molecule has 0 unspecified atom stereocenters. The third kappa shape index (κ3) is 5.46. The van der Waals surface area contributed by atoms with Crippen molar-refractivity contribution < 1.29 is 9.59 Å². The van der Waals surface area contributed by atoms with E-state index in [0.717, 1.165) is 41.3 Å². The fourth-order valence-corrected chi connectivity index (χ4v) is 4.64. The van der Waals surface area contributed by atoms with Crippen molar-refractivity contribution in [3.8, 4) is 11.4 Å². The number of anilines is 1. The zero-order valence-corrected chi connectivity index (χ0v) is 19.5. The van der Waals surface area contributed by atoms with Crippen LogP contribution >= 0.6 is 24.0 Å². The van der Waals surface area contributed by atoms with Crippen molar-refractivity contribution in [1.82, 2.24) is 19.7 Å². The largest absolute Gasteiger partial charge is 0.341 e. The van der Waals surface area contributed by atoms with Gasteiger partial charge >= 0.3 is 0 Å². The van der Waals surface area contributed by atoms with Crippen LogP contribution < -0.4 is 5.32 Å². The molecule has 0 saturated carbocycles. The smallest absolute Gasteiger partial charge is 0.244 e. The molecule has 7 nitrogen and oxygen atoms in total. The van der Waals surface area contributed by atoms with Crippen LogP contribution in [0.25, 0.3) is 11.4 Å². The first kappa shape index (κ1) is 22.3. The van der Waals surface area contributed by atoms with Gasteiger partial charge in [-0.3, -0.25) is 19.3 Å². The zero-order valence-electron chi connectivity index (χ0n) is 17.8. The van der Waals surface area contributed by atoms with Crippen LogP contribution in [-0.2, 0) is 22.6 Å². The van der Waals surface area contributed by atoms with Gasteiger partial charge in [-0.15, -0.1) is 0 Å². The molecule has 2 heterocycles. The van der Waals surface area contributed by atoms with Crippen molar-refractivity contribution in [3.63, 3.8) is 0 Å². The van der Waals surface area contributed by atoms with Gasteiger partial charge in [0.1, 0.15) is 6.54 Å². The summed E-state index contributed by atoms with van der Waals surface area (Å²) in [6.45, 7) is 3.70. The summed E-state index contributed by atoms with van der Waals surface area (Å²) in [6.07, 6.45) is 0.378. The van der Waals surface area contributed by atoms with E-state index in [1.165, 1.54) is 0 Å². The lowest BCUT2D eigenvalue weighted by molar-refractivity contribution is -0.130. The number of hydrogen-bond acceptors (Lipinski definition) is 5. The fourth-order valence-electron chi connectivity index (χ4n) is 3.54. The molecule has 1 saturated heterocycles. The number of aromatic nitrogens is 3.